The molecule has 0 spiro atoms. The topological polar surface area (TPSA) is 38.5 Å². The molecule has 0 aromatic heterocycles. The summed E-state index contributed by atoms with van der Waals surface area (Å²) in [5.41, 5.74) is 6.93. The predicted octanol–water partition coefficient (Wildman–Crippen LogP) is 1.63. The summed E-state index contributed by atoms with van der Waals surface area (Å²) in [5, 5.41) is 0. The summed E-state index contributed by atoms with van der Waals surface area (Å²) < 4.78 is 18.5. The molecular weight excluding hydrogens is 219 g/mol. The zero-order valence-corrected chi connectivity index (χ0v) is 10.1. The molecule has 2 rings (SSSR count). The molecule has 0 radical (unpaired) electrons. The Morgan fingerprint density at radius 3 is 3.06 bits per heavy atom. The van der Waals surface area contributed by atoms with Crippen LogP contribution in [0.5, 0.6) is 0 Å². The van der Waals surface area contributed by atoms with Gasteiger partial charge in [-0.3, -0.25) is 0 Å². The van der Waals surface area contributed by atoms with Crippen LogP contribution in [0.3, 0.4) is 0 Å². The van der Waals surface area contributed by atoms with Gasteiger partial charge in [-0.1, -0.05) is 6.07 Å². The molecule has 1 fully saturated rings. The van der Waals surface area contributed by atoms with E-state index in [0.29, 0.717) is 12.5 Å². The molecule has 1 aliphatic heterocycles. The summed E-state index contributed by atoms with van der Waals surface area (Å²) in [7, 11) is 1.95. The lowest BCUT2D eigenvalue weighted by molar-refractivity contribution is 0.0450. The van der Waals surface area contributed by atoms with Crippen LogP contribution in [0.2, 0.25) is 0 Å². The SMILES string of the molecule is CN(CC1COCCC1N)c1cccc(F)c1. The predicted molar refractivity (Wildman–Crippen MR) is 66.6 cm³/mol. The fraction of sp³-hybridized carbons (Fsp3) is 0.538. The van der Waals surface area contributed by atoms with Crippen molar-refractivity contribution in [3.63, 3.8) is 0 Å². The highest BCUT2D eigenvalue weighted by Crippen LogP contribution is 2.19. The second-order valence-corrected chi connectivity index (χ2v) is 4.65. The molecule has 1 aromatic carbocycles. The minimum atomic E-state index is -0.210. The third kappa shape index (κ3) is 3.17. The molecule has 3 nitrogen and oxygen atoms in total. The number of anilines is 1. The van der Waals surface area contributed by atoms with Gasteiger partial charge in [-0.05, 0) is 24.6 Å². The molecule has 4 heteroatoms. The average Bonchev–Trinajstić information content (AvgIpc) is 2.32. The Bertz CT molecular complexity index is 372. The molecule has 2 unspecified atom stereocenters. The van der Waals surface area contributed by atoms with Crippen LogP contribution in [0.1, 0.15) is 6.42 Å². The largest absolute Gasteiger partial charge is 0.381 e. The molecule has 0 aliphatic carbocycles. The lowest BCUT2D eigenvalue weighted by atomic mass is 9.96. The van der Waals surface area contributed by atoms with Crippen LogP contribution in [0, 0.1) is 11.7 Å². The van der Waals surface area contributed by atoms with E-state index in [2.05, 4.69) is 0 Å². The van der Waals surface area contributed by atoms with E-state index in [4.69, 9.17) is 10.5 Å². The van der Waals surface area contributed by atoms with Crippen molar-refractivity contribution in [1.82, 2.24) is 0 Å². The van der Waals surface area contributed by atoms with E-state index in [-0.39, 0.29) is 11.9 Å². The zero-order chi connectivity index (χ0) is 12.3. The van der Waals surface area contributed by atoms with Gasteiger partial charge in [0.2, 0.25) is 0 Å². The number of hydrogen-bond donors (Lipinski definition) is 1. The molecule has 1 aliphatic rings. The summed E-state index contributed by atoms with van der Waals surface area (Å²) in [6.45, 7) is 2.24. The lowest BCUT2D eigenvalue weighted by Crippen LogP contribution is -2.44. The van der Waals surface area contributed by atoms with Gasteiger partial charge in [0.15, 0.2) is 0 Å². The third-order valence-electron chi connectivity index (χ3n) is 3.29. The van der Waals surface area contributed by atoms with Gasteiger partial charge >= 0.3 is 0 Å². The smallest absolute Gasteiger partial charge is 0.125 e. The fourth-order valence-electron chi connectivity index (χ4n) is 2.17. The first-order valence-electron chi connectivity index (χ1n) is 5.97. The third-order valence-corrected chi connectivity index (χ3v) is 3.29. The first-order chi connectivity index (χ1) is 8.16. The van der Waals surface area contributed by atoms with Crippen LogP contribution >= 0.6 is 0 Å². The number of halogens is 1. The molecule has 0 saturated carbocycles. The number of benzene rings is 1. The number of nitrogens with zero attached hydrogens (tertiary/aromatic N) is 1. The van der Waals surface area contributed by atoms with Crippen molar-refractivity contribution in [2.45, 2.75) is 12.5 Å². The maximum Gasteiger partial charge on any atom is 0.125 e. The molecule has 0 bridgehead atoms. The standard InChI is InChI=1S/C13H19FN2O/c1-16(12-4-2-3-11(14)7-12)8-10-9-17-6-5-13(10)15/h2-4,7,10,13H,5-6,8-9,15H2,1H3. The molecule has 17 heavy (non-hydrogen) atoms. The maximum absolute atomic E-state index is 13.1. The van der Waals surface area contributed by atoms with Crippen LogP contribution in [-0.2, 0) is 4.74 Å². The Balaban J connectivity index is 1.98. The van der Waals surface area contributed by atoms with E-state index in [1.54, 1.807) is 6.07 Å². The summed E-state index contributed by atoms with van der Waals surface area (Å²) in [6.07, 6.45) is 0.904. The van der Waals surface area contributed by atoms with Crippen molar-refractivity contribution in [1.29, 1.82) is 0 Å². The van der Waals surface area contributed by atoms with E-state index < -0.39 is 0 Å². The van der Waals surface area contributed by atoms with Crippen molar-refractivity contribution in [3.05, 3.63) is 30.1 Å². The Hall–Kier alpha value is -1.13. The van der Waals surface area contributed by atoms with E-state index in [0.717, 1.165) is 25.3 Å². The first kappa shape index (κ1) is 12.3. The quantitative estimate of drug-likeness (QED) is 0.869. The van der Waals surface area contributed by atoms with Crippen molar-refractivity contribution in [2.75, 3.05) is 31.7 Å². The van der Waals surface area contributed by atoms with Crippen molar-refractivity contribution in [2.24, 2.45) is 11.7 Å². The molecule has 1 aromatic rings. The number of rotatable bonds is 3. The normalized spacial score (nSPS) is 24.6. The van der Waals surface area contributed by atoms with Crippen molar-refractivity contribution >= 4 is 5.69 Å². The Kier molecular flexibility index (Phi) is 3.97. The van der Waals surface area contributed by atoms with Gasteiger partial charge in [-0.15, -0.1) is 0 Å². The molecule has 0 amide bonds. The summed E-state index contributed by atoms with van der Waals surface area (Å²) in [4.78, 5) is 2.03. The lowest BCUT2D eigenvalue weighted by Gasteiger charge is -2.32. The fourth-order valence-corrected chi connectivity index (χ4v) is 2.17. The maximum atomic E-state index is 13.1. The molecular formula is C13H19FN2O. The number of nitrogens with two attached hydrogens (primary N) is 1. The van der Waals surface area contributed by atoms with Gasteiger partial charge in [-0.25, -0.2) is 4.39 Å². The summed E-state index contributed by atoms with van der Waals surface area (Å²) >= 11 is 0. The number of hydrogen-bond acceptors (Lipinski definition) is 3. The van der Waals surface area contributed by atoms with Crippen molar-refractivity contribution < 1.29 is 9.13 Å². The van der Waals surface area contributed by atoms with Gasteiger partial charge in [-0.2, -0.15) is 0 Å². The molecule has 94 valence electrons. The molecule has 1 heterocycles. The van der Waals surface area contributed by atoms with Gasteiger partial charge in [0.1, 0.15) is 5.82 Å². The monoisotopic (exact) mass is 238 g/mol. The van der Waals surface area contributed by atoms with Crippen LogP contribution in [0.4, 0.5) is 10.1 Å². The molecule has 2 N–H and O–H groups in total. The van der Waals surface area contributed by atoms with Crippen LogP contribution in [0.25, 0.3) is 0 Å². The summed E-state index contributed by atoms with van der Waals surface area (Å²) in [5.74, 6) is 0.107. The minimum absolute atomic E-state index is 0.180. The van der Waals surface area contributed by atoms with Gasteiger partial charge < -0.3 is 15.4 Å². The van der Waals surface area contributed by atoms with Crippen LogP contribution < -0.4 is 10.6 Å². The Morgan fingerprint density at radius 1 is 1.53 bits per heavy atom. The highest BCUT2D eigenvalue weighted by Gasteiger charge is 2.23. The molecule has 2 atom stereocenters. The van der Waals surface area contributed by atoms with Gasteiger partial charge in [0.25, 0.3) is 0 Å². The highest BCUT2D eigenvalue weighted by molar-refractivity contribution is 5.45. The number of ether oxygens (including phenoxy) is 1. The van der Waals surface area contributed by atoms with Crippen molar-refractivity contribution in [3.8, 4) is 0 Å². The second kappa shape index (κ2) is 5.47. The summed E-state index contributed by atoms with van der Waals surface area (Å²) in [6, 6.07) is 6.79. The van der Waals surface area contributed by atoms with Crippen LogP contribution in [0.15, 0.2) is 24.3 Å². The second-order valence-electron chi connectivity index (χ2n) is 4.65. The van der Waals surface area contributed by atoms with E-state index in [1.807, 2.05) is 18.0 Å². The van der Waals surface area contributed by atoms with Gasteiger partial charge in [0, 0.05) is 37.8 Å². The average molecular weight is 238 g/mol. The minimum Gasteiger partial charge on any atom is -0.381 e. The first-order valence-corrected chi connectivity index (χ1v) is 5.97. The molecule has 1 saturated heterocycles. The van der Waals surface area contributed by atoms with E-state index in [1.165, 1.54) is 12.1 Å². The Labute approximate surface area is 101 Å². The Morgan fingerprint density at radius 2 is 2.35 bits per heavy atom. The van der Waals surface area contributed by atoms with Crippen LogP contribution in [-0.4, -0.2) is 32.8 Å². The van der Waals surface area contributed by atoms with E-state index >= 15 is 0 Å². The van der Waals surface area contributed by atoms with Gasteiger partial charge in [0.05, 0.1) is 6.61 Å². The van der Waals surface area contributed by atoms with E-state index in [9.17, 15) is 4.39 Å². The zero-order valence-electron chi connectivity index (χ0n) is 10.1. The highest BCUT2D eigenvalue weighted by atomic mass is 19.1.